The SMILES string of the molecule is Cc1cccc(CN2CCC(c3c[nH]c4ccc(C(=O)O)cc34)CC2)n1. The Morgan fingerprint density at radius 3 is 2.81 bits per heavy atom. The largest absolute Gasteiger partial charge is 0.478 e. The van der Waals surface area contributed by atoms with E-state index in [4.69, 9.17) is 0 Å². The Kier molecular flexibility index (Phi) is 4.47. The number of aromatic carboxylic acids is 1. The number of nitrogens with zero attached hydrogens (tertiary/aromatic N) is 2. The maximum atomic E-state index is 11.3. The molecule has 4 rings (SSSR count). The minimum Gasteiger partial charge on any atom is -0.478 e. The van der Waals surface area contributed by atoms with Crippen molar-refractivity contribution in [3.05, 3.63) is 65.1 Å². The summed E-state index contributed by atoms with van der Waals surface area (Å²) >= 11 is 0. The van der Waals surface area contributed by atoms with E-state index in [-0.39, 0.29) is 0 Å². The van der Waals surface area contributed by atoms with Gasteiger partial charge >= 0.3 is 5.97 Å². The maximum Gasteiger partial charge on any atom is 0.335 e. The number of nitrogens with one attached hydrogen (secondary N) is 1. The Hall–Kier alpha value is -2.66. The first kappa shape index (κ1) is 16.8. The number of H-pyrrole nitrogens is 1. The minimum absolute atomic E-state index is 0.348. The zero-order valence-electron chi connectivity index (χ0n) is 14.9. The summed E-state index contributed by atoms with van der Waals surface area (Å²) in [6.07, 6.45) is 4.21. The second kappa shape index (κ2) is 6.92. The molecule has 0 atom stereocenters. The molecule has 0 unspecified atom stereocenters. The van der Waals surface area contributed by atoms with Gasteiger partial charge in [-0.05, 0) is 74.7 Å². The Morgan fingerprint density at radius 1 is 1.27 bits per heavy atom. The van der Waals surface area contributed by atoms with Crippen LogP contribution in [0, 0.1) is 6.92 Å². The van der Waals surface area contributed by atoms with Crippen molar-refractivity contribution in [3.63, 3.8) is 0 Å². The highest BCUT2D eigenvalue weighted by molar-refractivity contribution is 5.94. The van der Waals surface area contributed by atoms with Crippen molar-refractivity contribution in [2.24, 2.45) is 0 Å². The first-order chi connectivity index (χ1) is 12.6. The molecule has 0 spiro atoms. The van der Waals surface area contributed by atoms with Crippen LogP contribution in [0.1, 0.15) is 46.1 Å². The summed E-state index contributed by atoms with van der Waals surface area (Å²) < 4.78 is 0. The first-order valence-electron chi connectivity index (χ1n) is 9.09. The molecule has 1 aliphatic rings. The summed E-state index contributed by atoms with van der Waals surface area (Å²) in [5, 5.41) is 10.3. The van der Waals surface area contributed by atoms with Crippen LogP contribution in [0.4, 0.5) is 0 Å². The van der Waals surface area contributed by atoms with E-state index in [9.17, 15) is 9.90 Å². The normalized spacial score (nSPS) is 16.2. The number of rotatable bonds is 4. The van der Waals surface area contributed by atoms with Gasteiger partial charge in [0.05, 0.1) is 11.3 Å². The Balaban J connectivity index is 1.47. The number of piperidine rings is 1. The van der Waals surface area contributed by atoms with Crippen LogP contribution in [0.25, 0.3) is 10.9 Å². The summed E-state index contributed by atoms with van der Waals surface area (Å²) in [5.74, 6) is -0.408. The quantitative estimate of drug-likeness (QED) is 0.748. The number of hydrogen-bond acceptors (Lipinski definition) is 3. The highest BCUT2D eigenvalue weighted by Gasteiger charge is 2.23. The number of pyridine rings is 1. The van der Waals surface area contributed by atoms with Crippen LogP contribution in [0.3, 0.4) is 0 Å². The van der Waals surface area contributed by atoms with Crippen LogP contribution < -0.4 is 0 Å². The molecule has 5 nitrogen and oxygen atoms in total. The Labute approximate surface area is 152 Å². The van der Waals surface area contributed by atoms with Crippen molar-refractivity contribution in [2.75, 3.05) is 13.1 Å². The van der Waals surface area contributed by atoms with Crippen molar-refractivity contribution in [2.45, 2.75) is 32.2 Å². The molecular weight excluding hydrogens is 326 g/mol. The molecule has 0 amide bonds. The number of aromatic nitrogens is 2. The van der Waals surface area contributed by atoms with Crippen LogP contribution >= 0.6 is 0 Å². The lowest BCUT2D eigenvalue weighted by Gasteiger charge is -2.31. The number of fused-ring (bicyclic) bond motifs is 1. The number of benzene rings is 1. The van der Waals surface area contributed by atoms with Gasteiger partial charge in [0.15, 0.2) is 0 Å². The molecule has 3 aromatic rings. The third-order valence-electron chi connectivity index (χ3n) is 5.32. The summed E-state index contributed by atoms with van der Waals surface area (Å²) in [5.41, 5.74) is 4.79. The number of hydrogen-bond donors (Lipinski definition) is 2. The minimum atomic E-state index is -0.875. The molecule has 0 radical (unpaired) electrons. The molecular formula is C21H23N3O2. The fraction of sp³-hybridized carbons (Fsp3) is 0.333. The van der Waals surface area contributed by atoms with Gasteiger partial charge in [-0.1, -0.05) is 6.07 Å². The third-order valence-corrected chi connectivity index (χ3v) is 5.32. The predicted octanol–water partition coefficient (Wildman–Crippen LogP) is 3.95. The maximum absolute atomic E-state index is 11.3. The van der Waals surface area contributed by atoms with Crippen molar-refractivity contribution >= 4 is 16.9 Å². The number of aromatic amines is 1. The van der Waals surface area contributed by atoms with Gasteiger partial charge in [-0.3, -0.25) is 9.88 Å². The lowest BCUT2D eigenvalue weighted by atomic mass is 9.89. The van der Waals surface area contributed by atoms with Gasteiger partial charge in [0.2, 0.25) is 0 Å². The summed E-state index contributed by atoms with van der Waals surface area (Å²) in [4.78, 5) is 21.6. The number of carboxylic acid groups (broad SMARTS) is 1. The Bertz CT molecular complexity index is 939. The standard InChI is InChI=1S/C21H23N3O2/c1-14-3-2-4-17(23-14)13-24-9-7-15(8-10-24)19-12-22-20-6-5-16(21(25)26)11-18(19)20/h2-6,11-12,15,22H,7-10,13H2,1H3,(H,25,26). The van der Waals surface area contributed by atoms with Gasteiger partial charge in [0.1, 0.15) is 0 Å². The topological polar surface area (TPSA) is 69.2 Å². The molecule has 1 aromatic carbocycles. The first-order valence-corrected chi connectivity index (χ1v) is 9.09. The zero-order chi connectivity index (χ0) is 18.1. The lowest BCUT2D eigenvalue weighted by molar-refractivity contribution is 0.0697. The number of aryl methyl sites for hydroxylation is 1. The fourth-order valence-corrected chi connectivity index (χ4v) is 3.93. The number of likely N-dealkylation sites (tertiary alicyclic amines) is 1. The molecule has 3 heterocycles. The molecule has 26 heavy (non-hydrogen) atoms. The van der Waals surface area contributed by atoms with Crippen molar-refractivity contribution in [3.8, 4) is 0 Å². The molecule has 134 valence electrons. The summed E-state index contributed by atoms with van der Waals surface area (Å²) in [6, 6.07) is 11.5. The van der Waals surface area contributed by atoms with Gasteiger partial charge in [0.25, 0.3) is 0 Å². The van der Waals surface area contributed by atoms with Crippen LogP contribution in [0.5, 0.6) is 0 Å². The van der Waals surface area contributed by atoms with Crippen LogP contribution in [0.2, 0.25) is 0 Å². The van der Waals surface area contributed by atoms with Gasteiger partial charge < -0.3 is 10.1 Å². The van der Waals surface area contributed by atoms with Crippen LogP contribution in [-0.2, 0) is 6.54 Å². The molecule has 2 aromatic heterocycles. The van der Waals surface area contributed by atoms with Crippen molar-refractivity contribution in [1.29, 1.82) is 0 Å². The number of carbonyl (C=O) groups is 1. The van der Waals surface area contributed by atoms with E-state index in [1.807, 2.05) is 19.1 Å². The van der Waals surface area contributed by atoms with Gasteiger partial charge in [0, 0.05) is 29.3 Å². The second-order valence-electron chi connectivity index (χ2n) is 7.13. The predicted molar refractivity (Wildman–Crippen MR) is 101 cm³/mol. The van der Waals surface area contributed by atoms with Gasteiger partial charge in [-0.25, -0.2) is 4.79 Å². The van der Waals surface area contributed by atoms with Crippen molar-refractivity contribution < 1.29 is 9.90 Å². The second-order valence-corrected chi connectivity index (χ2v) is 7.13. The van der Waals surface area contributed by atoms with E-state index >= 15 is 0 Å². The molecule has 5 heteroatoms. The molecule has 0 saturated carbocycles. The van der Waals surface area contributed by atoms with Gasteiger partial charge in [-0.15, -0.1) is 0 Å². The van der Waals surface area contributed by atoms with Crippen LogP contribution in [-0.4, -0.2) is 39.0 Å². The summed E-state index contributed by atoms with van der Waals surface area (Å²) in [7, 11) is 0. The number of carboxylic acids is 1. The molecule has 1 saturated heterocycles. The smallest absolute Gasteiger partial charge is 0.335 e. The molecule has 1 aliphatic heterocycles. The van der Waals surface area contributed by atoms with Crippen LogP contribution in [0.15, 0.2) is 42.6 Å². The van der Waals surface area contributed by atoms with Gasteiger partial charge in [-0.2, -0.15) is 0 Å². The molecule has 0 bridgehead atoms. The average Bonchev–Trinajstić information content (AvgIpc) is 3.05. The highest BCUT2D eigenvalue weighted by Crippen LogP contribution is 2.34. The van der Waals surface area contributed by atoms with Crippen molar-refractivity contribution in [1.82, 2.24) is 14.9 Å². The van der Waals surface area contributed by atoms with E-state index < -0.39 is 5.97 Å². The monoisotopic (exact) mass is 349 g/mol. The lowest BCUT2D eigenvalue weighted by Crippen LogP contribution is -2.32. The van der Waals surface area contributed by atoms with E-state index in [0.717, 1.165) is 54.8 Å². The average molecular weight is 349 g/mol. The van der Waals surface area contributed by atoms with E-state index in [1.54, 1.807) is 12.1 Å². The highest BCUT2D eigenvalue weighted by atomic mass is 16.4. The van der Waals surface area contributed by atoms with E-state index in [0.29, 0.717) is 11.5 Å². The van der Waals surface area contributed by atoms with E-state index in [2.05, 4.69) is 33.2 Å². The molecule has 2 N–H and O–H groups in total. The molecule has 1 fully saturated rings. The fourth-order valence-electron chi connectivity index (χ4n) is 3.93. The molecule has 0 aliphatic carbocycles. The Morgan fingerprint density at radius 2 is 2.08 bits per heavy atom. The van der Waals surface area contributed by atoms with E-state index in [1.165, 1.54) is 5.56 Å². The third kappa shape index (κ3) is 3.35. The summed E-state index contributed by atoms with van der Waals surface area (Å²) in [6.45, 7) is 4.99. The zero-order valence-corrected chi connectivity index (χ0v) is 14.9.